The van der Waals surface area contributed by atoms with E-state index in [0.717, 1.165) is 10.4 Å². The topological polar surface area (TPSA) is 56.8 Å². The summed E-state index contributed by atoms with van der Waals surface area (Å²) in [7, 11) is 4.70. The zero-order valence-electron chi connectivity index (χ0n) is 13.3. The van der Waals surface area contributed by atoms with Crippen molar-refractivity contribution in [3.8, 4) is 17.2 Å². The van der Waals surface area contributed by atoms with Crippen LogP contribution in [0.3, 0.4) is 0 Å². The number of carbonyl (C=O) groups is 1. The molecule has 23 heavy (non-hydrogen) atoms. The van der Waals surface area contributed by atoms with Crippen LogP contribution in [-0.2, 0) is 11.3 Å². The molecule has 1 heterocycles. The van der Waals surface area contributed by atoms with Gasteiger partial charge in [-0.1, -0.05) is 6.07 Å². The molecule has 0 saturated carbocycles. The van der Waals surface area contributed by atoms with E-state index in [1.54, 1.807) is 50.9 Å². The minimum absolute atomic E-state index is 0.171. The van der Waals surface area contributed by atoms with Crippen LogP contribution >= 0.6 is 11.3 Å². The molecule has 0 aliphatic rings. The van der Waals surface area contributed by atoms with Gasteiger partial charge in [-0.3, -0.25) is 4.79 Å². The van der Waals surface area contributed by atoms with Crippen LogP contribution in [0.5, 0.6) is 17.2 Å². The Balaban J connectivity index is 2.05. The van der Waals surface area contributed by atoms with Crippen LogP contribution in [0.25, 0.3) is 6.08 Å². The van der Waals surface area contributed by atoms with Crippen LogP contribution < -0.4 is 19.5 Å². The monoisotopic (exact) mass is 333 g/mol. The van der Waals surface area contributed by atoms with Crippen LogP contribution in [0, 0.1) is 0 Å². The van der Waals surface area contributed by atoms with Gasteiger partial charge in [0.2, 0.25) is 5.91 Å². The number of benzene rings is 1. The van der Waals surface area contributed by atoms with E-state index in [1.165, 1.54) is 6.08 Å². The second-order valence-corrected chi connectivity index (χ2v) is 5.56. The Bertz CT molecular complexity index is 680. The lowest BCUT2D eigenvalue weighted by molar-refractivity contribution is -0.116. The van der Waals surface area contributed by atoms with Gasteiger partial charge in [0.05, 0.1) is 21.3 Å². The van der Waals surface area contributed by atoms with Crippen molar-refractivity contribution >= 4 is 23.3 Å². The summed E-state index contributed by atoms with van der Waals surface area (Å²) in [5.74, 6) is 1.63. The van der Waals surface area contributed by atoms with E-state index in [0.29, 0.717) is 23.8 Å². The molecule has 122 valence electrons. The summed E-state index contributed by atoms with van der Waals surface area (Å²) >= 11 is 1.58. The Kier molecular flexibility index (Phi) is 6.05. The number of thiophene rings is 1. The predicted molar refractivity (Wildman–Crippen MR) is 91.3 cm³/mol. The molecule has 0 saturated heterocycles. The van der Waals surface area contributed by atoms with Gasteiger partial charge >= 0.3 is 0 Å². The van der Waals surface area contributed by atoms with E-state index in [9.17, 15) is 4.79 Å². The molecule has 0 fully saturated rings. The molecule has 0 atom stereocenters. The van der Waals surface area contributed by atoms with E-state index in [2.05, 4.69) is 5.32 Å². The first-order valence-electron chi connectivity index (χ1n) is 6.96. The van der Waals surface area contributed by atoms with E-state index in [4.69, 9.17) is 14.2 Å². The molecule has 1 aromatic heterocycles. The van der Waals surface area contributed by atoms with Crippen molar-refractivity contribution in [3.05, 3.63) is 46.2 Å². The first-order chi connectivity index (χ1) is 11.2. The smallest absolute Gasteiger partial charge is 0.244 e. The van der Waals surface area contributed by atoms with Crippen LogP contribution in [0.4, 0.5) is 0 Å². The van der Waals surface area contributed by atoms with E-state index in [1.807, 2.05) is 17.5 Å². The molecule has 0 aliphatic carbocycles. The summed E-state index contributed by atoms with van der Waals surface area (Å²) in [6.07, 6.45) is 3.30. The molecule has 1 amide bonds. The molecule has 0 bridgehead atoms. The van der Waals surface area contributed by atoms with Gasteiger partial charge in [-0.2, -0.15) is 0 Å². The van der Waals surface area contributed by atoms with Gasteiger partial charge < -0.3 is 19.5 Å². The second-order valence-electron chi connectivity index (χ2n) is 4.59. The second kappa shape index (κ2) is 8.24. The van der Waals surface area contributed by atoms with Crippen molar-refractivity contribution in [1.82, 2.24) is 5.32 Å². The largest absolute Gasteiger partial charge is 0.496 e. The summed E-state index contributed by atoms with van der Waals surface area (Å²) in [6, 6.07) is 7.42. The number of ether oxygens (including phenoxy) is 3. The number of carbonyl (C=O) groups excluding carboxylic acids is 1. The van der Waals surface area contributed by atoms with Gasteiger partial charge in [-0.05, 0) is 23.6 Å². The van der Waals surface area contributed by atoms with Crippen molar-refractivity contribution in [3.63, 3.8) is 0 Å². The summed E-state index contributed by atoms with van der Waals surface area (Å²) in [5.41, 5.74) is 0.808. The lowest BCUT2D eigenvalue weighted by Crippen LogP contribution is -2.20. The van der Waals surface area contributed by atoms with Gasteiger partial charge in [-0.25, -0.2) is 0 Å². The fourth-order valence-corrected chi connectivity index (χ4v) is 2.63. The predicted octanol–water partition coefficient (Wildman–Crippen LogP) is 3.10. The maximum atomic E-state index is 11.9. The lowest BCUT2D eigenvalue weighted by atomic mass is 10.1. The highest BCUT2D eigenvalue weighted by molar-refractivity contribution is 7.10. The maximum absolute atomic E-state index is 11.9. The molecule has 0 radical (unpaired) electrons. The summed E-state index contributed by atoms with van der Waals surface area (Å²) in [4.78, 5) is 12.9. The first kappa shape index (κ1) is 16.9. The Morgan fingerprint density at radius 1 is 1.13 bits per heavy atom. The Labute approximate surface area is 139 Å². The molecule has 0 unspecified atom stereocenters. The number of amides is 1. The third kappa shape index (κ3) is 4.50. The molecule has 5 nitrogen and oxygen atoms in total. The molecule has 6 heteroatoms. The molecule has 0 spiro atoms. The van der Waals surface area contributed by atoms with E-state index >= 15 is 0 Å². The summed E-state index contributed by atoms with van der Waals surface area (Å²) in [6.45, 7) is 0.330. The molecule has 0 aliphatic heterocycles. The fourth-order valence-electron chi connectivity index (χ4n) is 2.02. The SMILES string of the molecule is COc1cc(OC)c(OC)cc1CNC(=O)C=Cc1cccs1. The van der Waals surface area contributed by atoms with Crippen molar-refractivity contribution in [1.29, 1.82) is 0 Å². The van der Waals surface area contributed by atoms with Gasteiger partial charge in [0.25, 0.3) is 0 Å². The number of hydrogen-bond donors (Lipinski definition) is 1. The highest BCUT2D eigenvalue weighted by Crippen LogP contribution is 2.34. The lowest BCUT2D eigenvalue weighted by Gasteiger charge is -2.14. The average molecular weight is 333 g/mol. The van der Waals surface area contributed by atoms with Crippen molar-refractivity contribution in [2.24, 2.45) is 0 Å². The Morgan fingerprint density at radius 2 is 1.83 bits per heavy atom. The van der Waals surface area contributed by atoms with Gasteiger partial charge in [0, 0.05) is 29.1 Å². The van der Waals surface area contributed by atoms with Crippen LogP contribution in [0.2, 0.25) is 0 Å². The van der Waals surface area contributed by atoms with Crippen molar-refractivity contribution in [2.45, 2.75) is 6.54 Å². The van der Waals surface area contributed by atoms with Crippen LogP contribution in [0.15, 0.2) is 35.7 Å². The van der Waals surface area contributed by atoms with Crippen LogP contribution in [-0.4, -0.2) is 27.2 Å². The molecular formula is C17H19NO4S. The third-order valence-corrected chi connectivity index (χ3v) is 4.02. The molecule has 1 aromatic carbocycles. The zero-order valence-corrected chi connectivity index (χ0v) is 14.1. The van der Waals surface area contributed by atoms with Gasteiger partial charge in [0.1, 0.15) is 5.75 Å². The molecule has 1 N–H and O–H groups in total. The van der Waals surface area contributed by atoms with Crippen molar-refractivity contribution < 1.29 is 19.0 Å². The van der Waals surface area contributed by atoms with Crippen molar-refractivity contribution in [2.75, 3.05) is 21.3 Å². The number of methoxy groups -OCH3 is 3. The fraction of sp³-hybridized carbons (Fsp3) is 0.235. The summed E-state index contributed by atoms with van der Waals surface area (Å²) in [5, 5.41) is 4.79. The standard InChI is InChI=1S/C17H19NO4S/c1-20-14-10-16(22-3)15(21-2)9-12(14)11-18-17(19)7-6-13-5-4-8-23-13/h4-10H,11H2,1-3H3,(H,18,19). The molecular weight excluding hydrogens is 314 g/mol. The Hall–Kier alpha value is -2.47. The number of nitrogens with one attached hydrogen (secondary N) is 1. The van der Waals surface area contributed by atoms with E-state index < -0.39 is 0 Å². The molecule has 2 aromatic rings. The Morgan fingerprint density at radius 3 is 2.43 bits per heavy atom. The normalized spacial score (nSPS) is 10.6. The van der Waals surface area contributed by atoms with Gasteiger partial charge in [0.15, 0.2) is 11.5 Å². The van der Waals surface area contributed by atoms with E-state index in [-0.39, 0.29) is 5.91 Å². The minimum Gasteiger partial charge on any atom is -0.496 e. The maximum Gasteiger partial charge on any atom is 0.244 e. The highest BCUT2D eigenvalue weighted by Gasteiger charge is 2.12. The highest BCUT2D eigenvalue weighted by atomic mass is 32.1. The van der Waals surface area contributed by atoms with Gasteiger partial charge in [-0.15, -0.1) is 11.3 Å². The average Bonchev–Trinajstić information content (AvgIpc) is 3.10. The zero-order chi connectivity index (χ0) is 16.7. The van der Waals surface area contributed by atoms with Crippen LogP contribution in [0.1, 0.15) is 10.4 Å². The number of hydrogen-bond acceptors (Lipinski definition) is 5. The number of rotatable bonds is 7. The third-order valence-electron chi connectivity index (χ3n) is 3.18. The first-order valence-corrected chi connectivity index (χ1v) is 7.84. The minimum atomic E-state index is -0.171. The summed E-state index contributed by atoms with van der Waals surface area (Å²) < 4.78 is 15.8. The quantitative estimate of drug-likeness (QED) is 0.791. The molecule has 2 rings (SSSR count).